The quantitative estimate of drug-likeness (QED) is 0.108. The number of halogens is 1. The summed E-state index contributed by atoms with van der Waals surface area (Å²) in [7, 11) is -6.30. The van der Waals surface area contributed by atoms with Gasteiger partial charge in [-0.3, -0.25) is 9.59 Å². The molecule has 0 radical (unpaired) electrons. The van der Waals surface area contributed by atoms with Crippen molar-refractivity contribution in [1.29, 1.82) is 0 Å². The van der Waals surface area contributed by atoms with E-state index in [1.165, 1.54) is 0 Å². The van der Waals surface area contributed by atoms with Crippen LogP contribution in [0.2, 0.25) is 5.04 Å². The number of carboxylic acids is 1. The fraction of sp³-hybridized carbons (Fsp3) is 0.487. The lowest BCUT2D eigenvalue weighted by atomic mass is 9.73. The predicted molar refractivity (Wildman–Crippen MR) is 203 cm³/mol. The first-order valence-electron chi connectivity index (χ1n) is 16.7. The Morgan fingerprint density at radius 1 is 0.854 bits per heavy atom. The molecule has 2 atom stereocenters. The van der Waals surface area contributed by atoms with Crippen LogP contribution in [0, 0.1) is 11.3 Å². The molecule has 0 bridgehead atoms. The molecule has 0 amide bonds. The van der Waals surface area contributed by atoms with Gasteiger partial charge in [0, 0.05) is 6.61 Å². The van der Waals surface area contributed by atoms with Crippen molar-refractivity contribution in [2.45, 2.75) is 84.6 Å². The van der Waals surface area contributed by atoms with Crippen molar-refractivity contribution in [3.05, 3.63) is 96.1 Å². The van der Waals surface area contributed by atoms with Crippen LogP contribution in [0.1, 0.15) is 78.9 Å². The third-order valence-corrected chi connectivity index (χ3v) is 17.1. The highest BCUT2D eigenvalue weighted by molar-refractivity contribution is 9.09. The number of benzene rings is 3. The van der Waals surface area contributed by atoms with Gasteiger partial charge >= 0.3 is 5.97 Å². The van der Waals surface area contributed by atoms with Gasteiger partial charge in [0.15, 0.2) is 15.6 Å². The number of sulfone groups is 1. The van der Waals surface area contributed by atoms with Crippen molar-refractivity contribution in [3.63, 3.8) is 0 Å². The fourth-order valence-electron chi connectivity index (χ4n) is 6.82. The molecule has 0 saturated heterocycles. The van der Waals surface area contributed by atoms with Crippen LogP contribution in [0.25, 0.3) is 0 Å². The number of ketones is 1. The van der Waals surface area contributed by atoms with Crippen LogP contribution in [-0.2, 0) is 35.7 Å². The molecule has 0 aliphatic rings. The molecule has 3 aromatic carbocycles. The van der Waals surface area contributed by atoms with Crippen LogP contribution in [0.5, 0.6) is 0 Å². The highest BCUT2D eigenvalue weighted by atomic mass is 79.9. The minimum Gasteiger partial charge on any atom is -0.481 e. The summed E-state index contributed by atoms with van der Waals surface area (Å²) in [6, 6.07) is 28.1. The van der Waals surface area contributed by atoms with Gasteiger partial charge in [0.25, 0.3) is 8.32 Å². The summed E-state index contributed by atoms with van der Waals surface area (Å²) in [4.78, 5) is 24.7. The Balaban J connectivity index is 1.72. The second-order valence-electron chi connectivity index (χ2n) is 15.2. The summed E-state index contributed by atoms with van der Waals surface area (Å²) in [5, 5.41) is 11.6. The SMILES string of the molecule is C[C@@H](Cc1cccc([C@@](C)(CCCC(C)(C)CS(=O)(=O)CCO[Si](c2ccccc2)(c2ccccc2)C(C)(C)C)C(=O)CBr)c1)C(=O)O. The van der Waals surface area contributed by atoms with E-state index in [9.17, 15) is 23.1 Å². The van der Waals surface area contributed by atoms with E-state index in [0.29, 0.717) is 25.7 Å². The topological polar surface area (TPSA) is 97.7 Å². The molecule has 3 rings (SSSR count). The number of carbonyl (C=O) groups excluding carboxylic acids is 1. The molecule has 48 heavy (non-hydrogen) atoms. The number of aliphatic carboxylic acids is 1. The number of rotatable bonds is 18. The Kier molecular flexibility index (Phi) is 13.6. The molecule has 0 aliphatic heterocycles. The maximum atomic E-state index is 13.6. The maximum Gasteiger partial charge on any atom is 0.306 e. The van der Waals surface area contributed by atoms with E-state index in [4.69, 9.17) is 4.43 Å². The normalized spacial score (nSPS) is 14.7. The standard InChI is InChI=1S/C39H53BrO6SSi/c1-30(36(42)43)26-31-16-14-17-32(27-31)39(7,35(41)28-40)23-15-22-38(5,6)29-47(44,45)25-24-46-48(37(2,3)4,33-18-10-8-11-19-33)34-20-12-9-13-21-34/h8-14,16-21,27,30H,15,22-26,28-29H2,1-7H3,(H,42,43)/t30-,39+/m0/s1. The van der Waals surface area contributed by atoms with Gasteiger partial charge in [-0.25, -0.2) is 8.42 Å². The number of hydrogen-bond acceptors (Lipinski definition) is 5. The largest absolute Gasteiger partial charge is 0.481 e. The zero-order valence-electron chi connectivity index (χ0n) is 29.6. The summed E-state index contributed by atoms with van der Waals surface area (Å²) in [5.41, 5.74) is 0.438. The van der Waals surface area contributed by atoms with Gasteiger partial charge < -0.3 is 9.53 Å². The summed E-state index contributed by atoms with van der Waals surface area (Å²) < 4.78 is 34.1. The van der Waals surface area contributed by atoms with Crippen LogP contribution in [0.15, 0.2) is 84.9 Å². The van der Waals surface area contributed by atoms with Gasteiger partial charge in [0.05, 0.1) is 28.2 Å². The zero-order valence-corrected chi connectivity index (χ0v) is 33.0. The molecule has 9 heteroatoms. The molecule has 0 saturated carbocycles. The minimum absolute atomic E-state index is 0.0236. The number of hydrogen-bond donors (Lipinski definition) is 1. The lowest BCUT2D eigenvalue weighted by Gasteiger charge is -2.43. The van der Waals surface area contributed by atoms with Crippen molar-refractivity contribution >= 4 is 56.2 Å². The molecule has 0 unspecified atom stereocenters. The number of carboxylic acid groups (broad SMARTS) is 1. The van der Waals surface area contributed by atoms with Gasteiger partial charge in [-0.1, -0.05) is 149 Å². The molecule has 1 N–H and O–H groups in total. The summed E-state index contributed by atoms with van der Waals surface area (Å²) in [6.45, 7) is 14.2. The van der Waals surface area contributed by atoms with E-state index in [2.05, 4.69) is 61.0 Å². The molecular formula is C39H53BrO6SSi. The van der Waals surface area contributed by atoms with Crippen LogP contribution < -0.4 is 10.4 Å². The van der Waals surface area contributed by atoms with Crippen molar-refractivity contribution < 1.29 is 27.5 Å². The van der Waals surface area contributed by atoms with Crippen molar-refractivity contribution in [2.24, 2.45) is 11.3 Å². The van der Waals surface area contributed by atoms with E-state index in [-0.39, 0.29) is 34.3 Å². The van der Waals surface area contributed by atoms with Crippen LogP contribution >= 0.6 is 15.9 Å². The Morgan fingerprint density at radius 2 is 1.42 bits per heavy atom. The average Bonchev–Trinajstić information content (AvgIpc) is 3.02. The Morgan fingerprint density at radius 3 is 1.92 bits per heavy atom. The lowest BCUT2D eigenvalue weighted by molar-refractivity contribution is -0.141. The Bertz CT molecular complexity index is 1580. The van der Waals surface area contributed by atoms with Gasteiger partial charge in [-0.2, -0.15) is 0 Å². The van der Waals surface area contributed by atoms with Crippen LogP contribution in [-0.4, -0.2) is 57.0 Å². The van der Waals surface area contributed by atoms with E-state index >= 15 is 0 Å². The van der Waals surface area contributed by atoms with Gasteiger partial charge in [0.1, 0.15) is 0 Å². The molecule has 262 valence electrons. The second kappa shape index (κ2) is 16.4. The van der Waals surface area contributed by atoms with Crippen molar-refractivity contribution in [3.8, 4) is 0 Å². The third-order valence-electron chi connectivity index (χ3n) is 9.54. The lowest BCUT2D eigenvalue weighted by Crippen LogP contribution is -2.66. The molecule has 0 fully saturated rings. The van der Waals surface area contributed by atoms with Crippen molar-refractivity contribution in [2.75, 3.05) is 23.4 Å². The molecule has 0 spiro atoms. The monoisotopic (exact) mass is 756 g/mol. The minimum atomic E-state index is -3.46. The molecule has 0 aliphatic carbocycles. The summed E-state index contributed by atoms with van der Waals surface area (Å²) >= 11 is 3.36. The maximum absolute atomic E-state index is 13.6. The van der Waals surface area contributed by atoms with E-state index in [1.807, 2.05) is 81.4 Å². The van der Waals surface area contributed by atoms with E-state index in [0.717, 1.165) is 21.5 Å². The second-order valence-corrected chi connectivity index (χ2v) is 22.2. The summed E-state index contributed by atoms with van der Waals surface area (Å²) in [5.74, 6) is -1.39. The van der Waals surface area contributed by atoms with Crippen LogP contribution in [0.3, 0.4) is 0 Å². The first kappa shape index (κ1) is 39.8. The predicted octanol–water partition coefficient (Wildman–Crippen LogP) is 7.36. The van der Waals surface area contributed by atoms with E-state index < -0.39 is 40.9 Å². The average molecular weight is 758 g/mol. The first-order valence-corrected chi connectivity index (χ1v) is 21.6. The van der Waals surface area contributed by atoms with Gasteiger partial charge in [-0.05, 0) is 58.1 Å². The number of carbonyl (C=O) groups is 2. The third kappa shape index (κ3) is 9.99. The van der Waals surface area contributed by atoms with Gasteiger partial charge in [-0.15, -0.1) is 0 Å². The molecule has 0 heterocycles. The highest BCUT2D eigenvalue weighted by Crippen LogP contribution is 2.38. The molecule has 6 nitrogen and oxygen atoms in total. The smallest absolute Gasteiger partial charge is 0.306 e. The van der Waals surface area contributed by atoms with Crippen molar-refractivity contribution in [1.82, 2.24) is 0 Å². The number of alkyl halides is 1. The van der Waals surface area contributed by atoms with Crippen LogP contribution in [0.4, 0.5) is 0 Å². The molecular weight excluding hydrogens is 704 g/mol. The number of Topliss-reactive ketones (excluding diaryl/α,β-unsaturated/α-hetero) is 1. The Hall–Kier alpha value is -2.59. The van der Waals surface area contributed by atoms with Gasteiger partial charge in [0.2, 0.25) is 0 Å². The van der Waals surface area contributed by atoms with E-state index in [1.54, 1.807) is 6.92 Å². The Labute approximate surface area is 297 Å². The zero-order chi connectivity index (χ0) is 35.8. The summed E-state index contributed by atoms with van der Waals surface area (Å²) in [6.07, 6.45) is 2.22. The molecule has 0 aromatic heterocycles. The first-order chi connectivity index (χ1) is 22.4. The highest BCUT2D eigenvalue weighted by Gasteiger charge is 2.50. The fourth-order valence-corrected chi connectivity index (χ4v) is 14.0. The molecule has 3 aromatic rings.